The highest BCUT2D eigenvalue weighted by molar-refractivity contribution is 5.76. The van der Waals surface area contributed by atoms with Crippen LogP contribution in [0.2, 0.25) is 0 Å². The van der Waals surface area contributed by atoms with Gasteiger partial charge in [0.15, 0.2) is 5.58 Å². The van der Waals surface area contributed by atoms with Crippen LogP contribution in [0.25, 0.3) is 11.0 Å². The zero-order chi connectivity index (χ0) is 9.26. The molecule has 0 saturated heterocycles. The van der Waals surface area contributed by atoms with E-state index in [1.165, 1.54) is 5.56 Å². The molecule has 0 aliphatic heterocycles. The summed E-state index contributed by atoms with van der Waals surface area (Å²) in [4.78, 5) is 0. The fraction of sp³-hybridized carbons (Fsp3) is 0.300. The van der Waals surface area contributed by atoms with Gasteiger partial charge in [0.1, 0.15) is 0 Å². The summed E-state index contributed by atoms with van der Waals surface area (Å²) in [6, 6.07) is 6.07. The first-order chi connectivity index (χ1) is 6.31. The van der Waals surface area contributed by atoms with E-state index in [9.17, 15) is 0 Å². The third-order valence-corrected chi connectivity index (χ3v) is 2.30. The maximum absolute atomic E-state index is 5.58. The van der Waals surface area contributed by atoms with Crippen molar-refractivity contribution < 1.29 is 4.52 Å². The molecule has 3 nitrogen and oxygen atoms in total. The Kier molecular flexibility index (Phi) is 2.02. The number of hydrogen-bond donors (Lipinski definition) is 1. The fourth-order valence-corrected chi connectivity index (χ4v) is 1.32. The van der Waals surface area contributed by atoms with Crippen molar-refractivity contribution in [1.82, 2.24) is 5.16 Å². The summed E-state index contributed by atoms with van der Waals surface area (Å²) in [7, 11) is 0. The van der Waals surface area contributed by atoms with E-state index in [1.54, 1.807) is 6.20 Å². The molecule has 13 heavy (non-hydrogen) atoms. The average molecular weight is 176 g/mol. The Hall–Kier alpha value is -1.35. The number of fused-ring (bicyclic) bond motifs is 1. The minimum absolute atomic E-state index is 0.370. The van der Waals surface area contributed by atoms with Crippen molar-refractivity contribution >= 4 is 11.0 Å². The van der Waals surface area contributed by atoms with Gasteiger partial charge >= 0.3 is 0 Å². The molecule has 0 radical (unpaired) electrons. The molecular formula is C10H12N2O. The second-order valence-electron chi connectivity index (χ2n) is 3.26. The first-order valence-corrected chi connectivity index (χ1v) is 4.35. The Morgan fingerprint density at radius 2 is 2.38 bits per heavy atom. The molecule has 68 valence electrons. The van der Waals surface area contributed by atoms with E-state index in [1.807, 2.05) is 12.1 Å². The summed E-state index contributed by atoms with van der Waals surface area (Å²) < 4.78 is 5.06. The predicted molar refractivity (Wildman–Crippen MR) is 51.5 cm³/mol. The minimum Gasteiger partial charge on any atom is -0.356 e. The molecule has 0 fully saturated rings. The van der Waals surface area contributed by atoms with Gasteiger partial charge in [0.05, 0.1) is 6.20 Å². The molecule has 1 aromatic heterocycles. The van der Waals surface area contributed by atoms with Gasteiger partial charge in [-0.15, -0.1) is 0 Å². The smallest absolute Gasteiger partial charge is 0.167 e. The molecule has 1 atom stereocenters. The van der Waals surface area contributed by atoms with Crippen molar-refractivity contribution in [1.29, 1.82) is 0 Å². The van der Waals surface area contributed by atoms with E-state index in [4.69, 9.17) is 10.3 Å². The van der Waals surface area contributed by atoms with Gasteiger partial charge in [0.25, 0.3) is 0 Å². The van der Waals surface area contributed by atoms with Crippen molar-refractivity contribution in [3.05, 3.63) is 30.0 Å². The quantitative estimate of drug-likeness (QED) is 0.760. The standard InChI is InChI=1S/C10H12N2O/c1-7(5-11)8-2-3-9-6-12-13-10(9)4-8/h2-4,6-7H,5,11H2,1H3. The van der Waals surface area contributed by atoms with E-state index in [0.717, 1.165) is 11.0 Å². The zero-order valence-corrected chi connectivity index (χ0v) is 7.53. The van der Waals surface area contributed by atoms with E-state index < -0.39 is 0 Å². The highest BCUT2D eigenvalue weighted by atomic mass is 16.5. The van der Waals surface area contributed by atoms with Crippen molar-refractivity contribution in [3.63, 3.8) is 0 Å². The number of nitrogens with zero attached hydrogens (tertiary/aromatic N) is 1. The lowest BCUT2D eigenvalue weighted by Gasteiger charge is -2.07. The second-order valence-corrected chi connectivity index (χ2v) is 3.26. The SMILES string of the molecule is CC(CN)c1ccc2cnoc2c1. The van der Waals surface area contributed by atoms with Crippen LogP contribution < -0.4 is 5.73 Å². The Bertz CT molecular complexity index is 408. The normalized spacial score (nSPS) is 13.4. The van der Waals surface area contributed by atoms with Gasteiger partial charge in [0.2, 0.25) is 0 Å². The molecule has 0 amide bonds. The highest BCUT2D eigenvalue weighted by Crippen LogP contribution is 2.20. The first kappa shape index (κ1) is 8.26. The number of aromatic nitrogens is 1. The maximum atomic E-state index is 5.58. The van der Waals surface area contributed by atoms with Crippen LogP contribution in [0.5, 0.6) is 0 Å². The minimum atomic E-state index is 0.370. The van der Waals surface area contributed by atoms with Crippen LogP contribution in [0, 0.1) is 0 Å². The molecule has 0 saturated carbocycles. The van der Waals surface area contributed by atoms with Crippen molar-refractivity contribution in [2.24, 2.45) is 5.73 Å². The molecular weight excluding hydrogens is 164 g/mol. The third-order valence-electron chi connectivity index (χ3n) is 2.30. The number of hydrogen-bond acceptors (Lipinski definition) is 3. The van der Waals surface area contributed by atoms with Crippen LogP contribution in [-0.4, -0.2) is 11.7 Å². The molecule has 3 heteroatoms. The number of benzene rings is 1. The van der Waals surface area contributed by atoms with Gasteiger partial charge in [-0.25, -0.2) is 0 Å². The number of nitrogens with two attached hydrogens (primary N) is 1. The largest absolute Gasteiger partial charge is 0.356 e. The maximum Gasteiger partial charge on any atom is 0.167 e. The zero-order valence-electron chi connectivity index (χ0n) is 7.53. The second kappa shape index (κ2) is 3.18. The van der Waals surface area contributed by atoms with E-state index >= 15 is 0 Å². The van der Waals surface area contributed by atoms with E-state index in [0.29, 0.717) is 12.5 Å². The summed E-state index contributed by atoms with van der Waals surface area (Å²) in [6.07, 6.45) is 1.71. The van der Waals surface area contributed by atoms with Crippen molar-refractivity contribution in [2.45, 2.75) is 12.8 Å². The van der Waals surface area contributed by atoms with Gasteiger partial charge in [-0.05, 0) is 30.2 Å². The summed E-state index contributed by atoms with van der Waals surface area (Å²) in [5.41, 5.74) is 7.61. The van der Waals surface area contributed by atoms with Crippen LogP contribution in [0.3, 0.4) is 0 Å². The van der Waals surface area contributed by atoms with Crippen LogP contribution in [0.4, 0.5) is 0 Å². The van der Waals surface area contributed by atoms with Crippen molar-refractivity contribution in [2.75, 3.05) is 6.54 Å². The summed E-state index contributed by atoms with van der Waals surface area (Å²) in [5.74, 6) is 0.370. The molecule has 0 spiro atoms. The van der Waals surface area contributed by atoms with Crippen LogP contribution in [0.1, 0.15) is 18.4 Å². The van der Waals surface area contributed by atoms with Crippen LogP contribution in [0.15, 0.2) is 28.9 Å². The van der Waals surface area contributed by atoms with Crippen LogP contribution >= 0.6 is 0 Å². The topological polar surface area (TPSA) is 52.0 Å². The fourth-order valence-electron chi connectivity index (χ4n) is 1.32. The molecule has 1 aromatic carbocycles. The molecule has 2 N–H and O–H groups in total. The van der Waals surface area contributed by atoms with E-state index in [2.05, 4.69) is 18.1 Å². The molecule has 0 aliphatic carbocycles. The van der Waals surface area contributed by atoms with Gasteiger partial charge in [-0.3, -0.25) is 0 Å². The van der Waals surface area contributed by atoms with Gasteiger partial charge in [-0.2, -0.15) is 0 Å². The molecule has 1 heterocycles. The first-order valence-electron chi connectivity index (χ1n) is 4.35. The monoisotopic (exact) mass is 176 g/mol. The third kappa shape index (κ3) is 1.42. The molecule has 0 aliphatic rings. The summed E-state index contributed by atoms with van der Waals surface area (Å²) >= 11 is 0. The van der Waals surface area contributed by atoms with Gasteiger partial charge < -0.3 is 10.3 Å². The summed E-state index contributed by atoms with van der Waals surface area (Å²) in [6.45, 7) is 2.75. The average Bonchev–Trinajstić information content (AvgIpc) is 2.63. The lowest BCUT2D eigenvalue weighted by molar-refractivity contribution is 0.456. The predicted octanol–water partition coefficient (Wildman–Crippen LogP) is 1.89. The Morgan fingerprint density at radius 1 is 1.54 bits per heavy atom. The van der Waals surface area contributed by atoms with E-state index in [-0.39, 0.29) is 0 Å². The van der Waals surface area contributed by atoms with Crippen molar-refractivity contribution in [3.8, 4) is 0 Å². The van der Waals surface area contributed by atoms with Crippen LogP contribution in [-0.2, 0) is 0 Å². The molecule has 0 bridgehead atoms. The highest BCUT2D eigenvalue weighted by Gasteiger charge is 2.05. The Balaban J connectivity index is 2.48. The molecule has 2 rings (SSSR count). The molecule has 2 aromatic rings. The van der Waals surface area contributed by atoms with Gasteiger partial charge in [0, 0.05) is 5.39 Å². The summed E-state index contributed by atoms with van der Waals surface area (Å²) in [5, 5.41) is 4.76. The van der Waals surface area contributed by atoms with Gasteiger partial charge in [-0.1, -0.05) is 18.1 Å². The number of rotatable bonds is 2. The Labute approximate surface area is 76.5 Å². The lowest BCUT2D eigenvalue weighted by Crippen LogP contribution is -2.08. The molecule has 1 unspecified atom stereocenters. The lowest BCUT2D eigenvalue weighted by atomic mass is 10.0. The Morgan fingerprint density at radius 3 is 3.15 bits per heavy atom.